The smallest absolute Gasteiger partial charge is 0.273 e. The minimum Gasteiger partial charge on any atom is -0.454 e. The minimum atomic E-state index is -0.860. The first kappa shape index (κ1) is 17.4. The average Bonchev–Trinajstić information content (AvgIpc) is 3.02. The third kappa shape index (κ3) is 2.89. The van der Waals surface area contributed by atoms with E-state index in [2.05, 4.69) is 15.2 Å². The fourth-order valence-corrected chi connectivity index (χ4v) is 3.05. The molecule has 0 radical (unpaired) electrons. The molecule has 8 heteroatoms. The molecule has 0 amide bonds. The molecular weight excluding hydrogens is 366 g/mol. The standard InChI is InChI=1S/C20H12F2N4O2/c1-10-18-14(9-24-26-20(18)27)19(25-10)13-6-11(8-23)2-4-16(13)28-17-5-3-12(21)7-15(17)22/h2-7,9,25H,1H3,(H,26,27). The quantitative estimate of drug-likeness (QED) is 0.559. The number of nitrogens with zero attached hydrogens (tertiary/aromatic N) is 2. The first-order valence-corrected chi connectivity index (χ1v) is 8.21. The number of halogens is 2. The van der Waals surface area contributed by atoms with Crippen LogP contribution in [0.3, 0.4) is 0 Å². The third-order valence-electron chi connectivity index (χ3n) is 4.30. The number of ether oxygens (including phenoxy) is 1. The Hall–Kier alpha value is -3.99. The second kappa shape index (κ2) is 6.63. The van der Waals surface area contributed by atoms with Crippen molar-refractivity contribution in [2.75, 3.05) is 0 Å². The monoisotopic (exact) mass is 378 g/mol. The van der Waals surface area contributed by atoms with Gasteiger partial charge in [-0.3, -0.25) is 4.79 Å². The van der Waals surface area contributed by atoms with Gasteiger partial charge in [-0.2, -0.15) is 10.4 Å². The Bertz CT molecular complexity index is 1320. The largest absolute Gasteiger partial charge is 0.454 e. The Morgan fingerprint density at radius 1 is 1.14 bits per heavy atom. The summed E-state index contributed by atoms with van der Waals surface area (Å²) in [6.45, 7) is 1.73. The van der Waals surface area contributed by atoms with Gasteiger partial charge in [0.15, 0.2) is 11.6 Å². The van der Waals surface area contributed by atoms with Gasteiger partial charge in [-0.25, -0.2) is 13.9 Å². The molecule has 0 fully saturated rings. The lowest BCUT2D eigenvalue weighted by Crippen LogP contribution is -2.06. The van der Waals surface area contributed by atoms with Crippen molar-refractivity contribution < 1.29 is 13.5 Å². The molecule has 2 aromatic carbocycles. The first-order chi connectivity index (χ1) is 13.5. The lowest BCUT2D eigenvalue weighted by molar-refractivity contribution is 0.439. The van der Waals surface area contributed by atoms with E-state index in [0.29, 0.717) is 33.3 Å². The molecule has 28 heavy (non-hydrogen) atoms. The van der Waals surface area contributed by atoms with Gasteiger partial charge >= 0.3 is 0 Å². The molecule has 0 aliphatic heterocycles. The summed E-state index contributed by atoms with van der Waals surface area (Å²) < 4.78 is 32.9. The Balaban J connectivity index is 1.93. The molecule has 0 bridgehead atoms. The molecular formula is C20H12F2N4O2. The van der Waals surface area contributed by atoms with E-state index in [4.69, 9.17) is 4.74 Å². The molecule has 0 atom stereocenters. The van der Waals surface area contributed by atoms with E-state index in [-0.39, 0.29) is 17.1 Å². The highest BCUT2D eigenvalue weighted by atomic mass is 19.1. The molecule has 0 saturated heterocycles. The Kier molecular flexibility index (Phi) is 4.12. The molecule has 138 valence electrons. The third-order valence-corrected chi connectivity index (χ3v) is 4.30. The lowest BCUT2D eigenvalue weighted by Gasteiger charge is -2.12. The highest BCUT2D eigenvalue weighted by Crippen LogP contribution is 2.38. The molecule has 0 unspecified atom stereocenters. The van der Waals surface area contributed by atoms with Crippen molar-refractivity contribution in [3.63, 3.8) is 0 Å². The summed E-state index contributed by atoms with van der Waals surface area (Å²) in [4.78, 5) is 15.2. The van der Waals surface area contributed by atoms with Crippen LogP contribution < -0.4 is 10.3 Å². The van der Waals surface area contributed by atoms with Crippen LogP contribution in [0.1, 0.15) is 11.3 Å². The zero-order valence-electron chi connectivity index (χ0n) is 14.5. The van der Waals surface area contributed by atoms with Gasteiger partial charge < -0.3 is 9.72 Å². The predicted molar refractivity (Wildman–Crippen MR) is 98.0 cm³/mol. The number of H-pyrrole nitrogens is 2. The maximum Gasteiger partial charge on any atom is 0.273 e. The number of hydrogen-bond donors (Lipinski definition) is 2. The average molecular weight is 378 g/mol. The Morgan fingerprint density at radius 3 is 2.68 bits per heavy atom. The number of aromatic amines is 2. The van der Waals surface area contributed by atoms with Crippen molar-refractivity contribution in [2.45, 2.75) is 6.92 Å². The molecule has 0 spiro atoms. The highest BCUT2D eigenvalue weighted by molar-refractivity contribution is 5.98. The number of rotatable bonds is 3. The van der Waals surface area contributed by atoms with Crippen molar-refractivity contribution in [1.82, 2.24) is 15.2 Å². The molecule has 4 rings (SSSR count). The molecule has 2 heterocycles. The van der Waals surface area contributed by atoms with Crippen LogP contribution in [0.25, 0.3) is 22.0 Å². The van der Waals surface area contributed by atoms with E-state index in [1.54, 1.807) is 13.0 Å². The maximum atomic E-state index is 14.0. The zero-order chi connectivity index (χ0) is 19.8. The SMILES string of the molecule is Cc1[nH]c(-c2cc(C#N)ccc2Oc2ccc(F)cc2F)c2cn[nH]c(=O)c12. The molecule has 4 aromatic rings. The van der Waals surface area contributed by atoms with Gasteiger partial charge in [-0.15, -0.1) is 0 Å². The fraction of sp³-hybridized carbons (Fsp3) is 0.0500. The van der Waals surface area contributed by atoms with Crippen LogP contribution in [0.2, 0.25) is 0 Å². The number of fused-ring (bicyclic) bond motifs is 1. The van der Waals surface area contributed by atoms with Gasteiger partial charge in [-0.05, 0) is 37.3 Å². The van der Waals surface area contributed by atoms with E-state index in [1.807, 2.05) is 6.07 Å². The van der Waals surface area contributed by atoms with Crippen LogP contribution in [0.4, 0.5) is 8.78 Å². The molecule has 0 saturated carbocycles. The lowest BCUT2D eigenvalue weighted by atomic mass is 10.0. The van der Waals surface area contributed by atoms with E-state index in [0.717, 1.165) is 12.1 Å². The van der Waals surface area contributed by atoms with Crippen LogP contribution in [0.5, 0.6) is 11.5 Å². The van der Waals surface area contributed by atoms with E-state index in [9.17, 15) is 18.8 Å². The summed E-state index contributed by atoms with van der Waals surface area (Å²) >= 11 is 0. The topological polar surface area (TPSA) is 94.6 Å². The van der Waals surface area contributed by atoms with Gasteiger partial charge in [0.25, 0.3) is 5.56 Å². The number of aromatic nitrogens is 3. The molecule has 0 aliphatic carbocycles. The Labute approximate surface area is 157 Å². The highest BCUT2D eigenvalue weighted by Gasteiger charge is 2.18. The number of nitriles is 1. The zero-order valence-corrected chi connectivity index (χ0v) is 14.5. The van der Waals surface area contributed by atoms with Gasteiger partial charge in [0.05, 0.1) is 28.9 Å². The summed E-state index contributed by atoms with van der Waals surface area (Å²) in [6, 6.07) is 9.60. The van der Waals surface area contributed by atoms with Crippen molar-refractivity contribution in [1.29, 1.82) is 5.26 Å². The van der Waals surface area contributed by atoms with E-state index >= 15 is 0 Å². The Morgan fingerprint density at radius 2 is 1.93 bits per heavy atom. The number of aryl methyl sites for hydroxylation is 1. The maximum absolute atomic E-state index is 14.0. The summed E-state index contributed by atoms with van der Waals surface area (Å²) in [5.74, 6) is -1.52. The van der Waals surface area contributed by atoms with Crippen LogP contribution >= 0.6 is 0 Å². The summed E-state index contributed by atoms with van der Waals surface area (Å²) in [7, 11) is 0. The van der Waals surface area contributed by atoms with Crippen molar-refractivity contribution in [3.8, 4) is 28.8 Å². The van der Waals surface area contributed by atoms with Crippen molar-refractivity contribution in [3.05, 3.63) is 75.8 Å². The second-order valence-corrected chi connectivity index (χ2v) is 6.11. The van der Waals surface area contributed by atoms with Crippen molar-refractivity contribution in [2.24, 2.45) is 0 Å². The van der Waals surface area contributed by atoms with Gasteiger partial charge in [0.2, 0.25) is 0 Å². The van der Waals surface area contributed by atoms with Crippen LogP contribution in [0.15, 0.2) is 47.4 Å². The fourth-order valence-electron chi connectivity index (χ4n) is 3.05. The van der Waals surface area contributed by atoms with Crippen molar-refractivity contribution >= 4 is 10.8 Å². The van der Waals surface area contributed by atoms with Crippen LogP contribution in [-0.4, -0.2) is 15.2 Å². The van der Waals surface area contributed by atoms with E-state index in [1.165, 1.54) is 24.4 Å². The number of hydrogen-bond acceptors (Lipinski definition) is 4. The molecule has 2 aromatic heterocycles. The van der Waals surface area contributed by atoms with E-state index < -0.39 is 11.6 Å². The van der Waals surface area contributed by atoms with Gasteiger partial charge in [-0.1, -0.05) is 0 Å². The van der Waals surface area contributed by atoms with Gasteiger partial charge in [0, 0.05) is 22.7 Å². The summed E-state index contributed by atoms with van der Waals surface area (Å²) in [5.41, 5.74) is 1.53. The van der Waals surface area contributed by atoms with Crippen LogP contribution in [0, 0.1) is 29.9 Å². The number of nitrogens with one attached hydrogen (secondary N) is 2. The molecule has 2 N–H and O–H groups in total. The second-order valence-electron chi connectivity index (χ2n) is 6.11. The van der Waals surface area contributed by atoms with Crippen LogP contribution in [-0.2, 0) is 0 Å². The molecule has 0 aliphatic rings. The summed E-state index contributed by atoms with van der Waals surface area (Å²) in [5, 5.41) is 16.4. The predicted octanol–water partition coefficient (Wildman–Crippen LogP) is 4.17. The molecule has 6 nitrogen and oxygen atoms in total. The normalized spacial score (nSPS) is 10.8. The first-order valence-electron chi connectivity index (χ1n) is 8.21. The van der Waals surface area contributed by atoms with Gasteiger partial charge in [0.1, 0.15) is 11.6 Å². The minimum absolute atomic E-state index is 0.170. The number of benzene rings is 2. The summed E-state index contributed by atoms with van der Waals surface area (Å²) in [6.07, 6.45) is 1.48.